The van der Waals surface area contributed by atoms with Crippen LogP contribution >= 0.6 is 8.03 Å². The molecule has 0 spiro atoms. The van der Waals surface area contributed by atoms with Crippen LogP contribution in [0.5, 0.6) is 0 Å². The zero-order valence-corrected chi connectivity index (χ0v) is 18.3. The third kappa shape index (κ3) is 4.45. The van der Waals surface area contributed by atoms with Crippen LogP contribution in [0.3, 0.4) is 0 Å². The highest BCUT2D eigenvalue weighted by atomic mass is 31.1. The van der Waals surface area contributed by atoms with E-state index in [1.165, 1.54) is 0 Å². The van der Waals surface area contributed by atoms with Crippen LogP contribution in [0, 0.1) is 6.92 Å². The third-order valence-electron chi connectivity index (χ3n) is 5.30. The lowest BCUT2D eigenvalue weighted by atomic mass is 9.99. The van der Waals surface area contributed by atoms with Crippen LogP contribution < -0.4 is 16.4 Å². The van der Waals surface area contributed by atoms with E-state index in [1.54, 1.807) is 42.5 Å². The molecule has 5 nitrogen and oxygen atoms in total. The molecule has 0 heterocycles. The zero-order valence-electron chi connectivity index (χ0n) is 17.4. The SMILES string of the molecule is Cc1cccc([P+](=O)O)c1-c1ccc(C(=O)Nc2cc(-c3ccccc3)ccc2N)cc1. The molecule has 1 unspecified atom stereocenters. The summed E-state index contributed by atoms with van der Waals surface area (Å²) < 4.78 is 11.8. The maximum absolute atomic E-state index is 12.9. The minimum atomic E-state index is -2.48. The largest absolute Gasteiger partial charge is 0.546 e. The second-order valence-corrected chi connectivity index (χ2v) is 8.47. The maximum Gasteiger partial charge on any atom is 0.546 e. The molecule has 1 atom stereocenters. The fourth-order valence-electron chi connectivity index (χ4n) is 3.64. The van der Waals surface area contributed by atoms with Gasteiger partial charge < -0.3 is 11.1 Å². The Bertz CT molecular complexity index is 1300. The van der Waals surface area contributed by atoms with Crippen LogP contribution in [0.25, 0.3) is 22.3 Å². The van der Waals surface area contributed by atoms with Gasteiger partial charge in [-0.25, -0.2) is 0 Å². The Morgan fingerprint density at radius 3 is 2.22 bits per heavy atom. The number of benzene rings is 4. The first-order valence-electron chi connectivity index (χ1n) is 10.1. The summed E-state index contributed by atoms with van der Waals surface area (Å²) in [6.07, 6.45) is 0. The lowest BCUT2D eigenvalue weighted by Crippen LogP contribution is -2.13. The molecule has 6 heteroatoms. The molecular weight excluding hydrogens is 419 g/mol. The Kier molecular flexibility index (Phi) is 6.13. The highest BCUT2D eigenvalue weighted by molar-refractivity contribution is 7.47. The molecule has 4 rings (SSSR count). The van der Waals surface area contributed by atoms with Crippen LogP contribution in [0.1, 0.15) is 15.9 Å². The molecular formula is C26H22N2O3P+. The van der Waals surface area contributed by atoms with Crippen molar-refractivity contribution in [3.8, 4) is 22.3 Å². The smallest absolute Gasteiger partial charge is 0.397 e. The molecule has 4 aromatic carbocycles. The van der Waals surface area contributed by atoms with Crippen molar-refractivity contribution in [1.29, 1.82) is 0 Å². The number of nitrogen functional groups attached to an aromatic ring is 1. The van der Waals surface area contributed by atoms with Crippen molar-refractivity contribution < 1.29 is 14.3 Å². The average Bonchev–Trinajstić information content (AvgIpc) is 2.81. The number of nitrogens with one attached hydrogen (secondary N) is 1. The summed E-state index contributed by atoms with van der Waals surface area (Å²) in [5.74, 6) is -0.285. The van der Waals surface area contributed by atoms with Crippen LogP contribution in [0.2, 0.25) is 0 Å². The van der Waals surface area contributed by atoms with E-state index in [0.717, 1.165) is 22.3 Å². The zero-order chi connectivity index (χ0) is 22.7. The van der Waals surface area contributed by atoms with Gasteiger partial charge in [0.05, 0.1) is 11.4 Å². The second-order valence-electron chi connectivity index (χ2n) is 7.44. The number of hydrogen-bond acceptors (Lipinski definition) is 3. The molecule has 0 aliphatic rings. The Hall–Kier alpha value is -3.79. The molecule has 4 N–H and O–H groups in total. The number of amides is 1. The predicted molar refractivity (Wildman–Crippen MR) is 130 cm³/mol. The number of rotatable bonds is 5. The second kappa shape index (κ2) is 9.15. The Morgan fingerprint density at radius 2 is 1.53 bits per heavy atom. The molecule has 158 valence electrons. The van der Waals surface area contributed by atoms with Crippen molar-refractivity contribution in [3.05, 3.63) is 102 Å². The van der Waals surface area contributed by atoms with E-state index in [-0.39, 0.29) is 5.91 Å². The molecule has 1 amide bonds. The maximum atomic E-state index is 12.9. The topological polar surface area (TPSA) is 92.4 Å². The van der Waals surface area contributed by atoms with Gasteiger partial charge in [-0.15, -0.1) is 0 Å². The Labute approximate surface area is 187 Å². The summed E-state index contributed by atoms with van der Waals surface area (Å²) >= 11 is 0. The van der Waals surface area contributed by atoms with Crippen LogP contribution in [0.15, 0.2) is 91.0 Å². The van der Waals surface area contributed by atoms with Gasteiger partial charge in [0.25, 0.3) is 5.91 Å². The van der Waals surface area contributed by atoms with Crippen LogP contribution in [-0.4, -0.2) is 10.8 Å². The van der Waals surface area contributed by atoms with Gasteiger partial charge in [0.1, 0.15) is 0 Å². The standard InChI is InChI=1S/C26H21N2O3P/c1-17-6-5-9-24(32(30)31)25(17)19-10-12-20(13-11-19)26(29)28-23-16-21(14-15-22(23)27)18-7-3-2-4-8-18/h2-16H,1H3,(H3-,27,28,29,30,31)/p+1. The monoisotopic (exact) mass is 441 g/mol. The molecule has 4 aromatic rings. The first-order valence-corrected chi connectivity index (χ1v) is 11.3. The molecule has 0 saturated carbocycles. The lowest BCUT2D eigenvalue weighted by molar-refractivity contribution is 0.102. The molecule has 0 saturated heterocycles. The van der Waals surface area contributed by atoms with E-state index < -0.39 is 8.03 Å². The van der Waals surface area contributed by atoms with Gasteiger partial charge in [0.2, 0.25) is 5.30 Å². The quantitative estimate of drug-likeness (QED) is 0.281. The molecule has 0 aromatic heterocycles. The molecule has 0 radical (unpaired) electrons. The first-order chi connectivity index (χ1) is 15.4. The Morgan fingerprint density at radius 1 is 0.844 bits per heavy atom. The van der Waals surface area contributed by atoms with Gasteiger partial charge in [-0.05, 0) is 64.1 Å². The minimum Gasteiger partial charge on any atom is -0.397 e. The van der Waals surface area contributed by atoms with E-state index in [1.807, 2.05) is 55.5 Å². The van der Waals surface area contributed by atoms with Gasteiger partial charge in [-0.3, -0.25) is 4.79 Å². The van der Waals surface area contributed by atoms with E-state index in [4.69, 9.17) is 5.73 Å². The van der Waals surface area contributed by atoms with E-state index >= 15 is 0 Å². The number of anilines is 2. The molecule has 0 aliphatic heterocycles. The van der Waals surface area contributed by atoms with E-state index in [0.29, 0.717) is 27.8 Å². The molecule has 0 fully saturated rings. The number of nitrogens with two attached hydrogens (primary N) is 1. The number of carbonyl (C=O) groups is 1. The normalized spacial score (nSPS) is 11.1. The van der Waals surface area contributed by atoms with E-state index in [9.17, 15) is 14.3 Å². The van der Waals surface area contributed by atoms with Crippen molar-refractivity contribution in [2.45, 2.75) is 6.92 Å². The van der Waals surface area contributed by atoms with Crippen LogP contribution in [0.4, 0.5) is 11.4 Å². The van der Waals surface area contributed by atoms with Gasteiger partial charge in [0, 0.05) is 11.1 Å². The fourth-order valence-corrected chi connectivity index (χ4v) is 4.36. The predicted octanol–water partition coefficient (Wildman–Crippen LogP) is 5.52. The summed E-state index contributed by atoms with van der Waals surface area (Å²) in [4.78, 5) is 22.5. The highest BCUT2D eigenvalue weighted by Crippen LogP contribution is 2.30. The first kappa shape index (κ1) is 21.4. The summed E-state index contributed by atoms with van der Waals surface area (Å²) in [5, 5.41) is 3.26. The molecule has 32 heavy (non-hydrogen) atoms. The van der Waals surface area contributed by atoms with Crippen molar-refractivity contribution in [2.75, 3.05) is 11.1 Å². The van der Waals surface area contributed by atoms with Gasteiger partial charge in [-0.2, -0.15) is 4.89 Å². The van der Waals surface area contributed by atoms with Crippen molar-refractivity contribution >= 4 is 30.6 Å². The number of aryl methyl sites for hydroxylation is 1. The lowest BCUT2D eigenvalue weighted by Gasteiger charge is -2.11. The van der Waals surface area contributed by atoms with E-state index in [2.05, 4.69) is 5.32 Å². The average molecular weight is 441 g/mol. The van der Waals surface area contributed by atoms with Gasteiger partial charge in [0.15, 0.2) is 0 Å². The number of carbonyl (C=O) groups excluding carboxylic acids is 1. The molecule has 0 aliphatic carbocycles. The Balaban J connectivity index is 1.59. The minimum absolute atomic E-state index is 0.285. The fraction of sp³-hybridized carbons (Fsp3) is 0.0385. The van der Waals surface area contributed by atoms with Crippen molar-refractivity contribution in [3.63, 3.8) is 0 Å². The van der Waals surface area contributed by atoms with Crippen molar-refractivity contribution in [1.82, 2.24) is 0 Å². The third-order valence-corrected chi connectivity index (χ3v) is 6.09. The summed E-state index contributed by atoms with van der Waals surface area (Å²) in [7, 11) is -2.48. The highest BCUT2D eigenvalue weighted by Gasteiger charge is 2.24. The van der Waals surface area contributed by atoms with Gasteiger partial charge in [-0.1, -0.05) is 60.7 Å². The summed E-state index contributed by atoms with van der Waals surface area (Å²) in [6, 6.07) is 27.6. The number of hydrogen-bond donors (Lipinski definition) is 3. The molecule has 0 bridgehead atoms. The summed E-state index contributed by atoms with van der Waals surface area (Å²) in [6.45, 7) is 1.89. The summed E-state index contributed by atoms with van der Waals surface area (Å²) in [5.41, 5.74) is 11.9. The van der Waals surface area contributed by atoms with Gasteiger partial charge >= 0.3 is 8.03 Å². The van der Waals surface area contributed by atoms with Crippen molar-refractivity contribution in [2.24, 2.45) is 0 Å². The van der Waals surface area contributed by atoms with Crippen LogP contribution in [-0.2, 0) is 4.57 Å².